The van der Waals surface area contributed by atoms with E-state index in [2.05, 4.69) is 10.6 Å². The molecule has 1 aliphatic rings. The number of fused-ring (bicyclic) bond motifs is 1. The second-order valence-electron chi connectivity index (χ2n) is 4.65. The van der Waals surface area contributed by atoms with Crippen molar-refractivity contribution < 1.29 is 9.18 Å². The van der Waals surface area contributed by atoms with Crippen molar-refractivity contribution >= 4 is 40.6 Å². The zero-order chi connectivity index (χ0) is 14.8. The average molecular weight is 323 g/mol. The minimum atomic E-state index is -0.426. The lowest BCUT2D eigenvalue weighted by molar-refractivity contribution is -0.113. The van der Waals surface area contributed by atoms with E-state index in [1.165, 1.54) is 23.9 Å². The van der Waals surface area contributed by atoms with E-state index in [9.17, 15) is 9.18 Å². The molecule has 0 saturated carbocycles. The van der Waals surface area contributed by atoms with Gasteiger partial charge in [-0.3, -0.25) is 4.79 Å². The largest absolute Gasteiger partial charge is 0.381 e. The van der Waals surface area contributed by atoms with Gasteiger partial charge >= 0.3 is 0 Å². The number of hydrogen-bond acceptors (Lipinski definition) is 3. The van der Waals surface area contributed by atoms with Gasteiger partial charge in [0.1, 0.15) is 5.82 Å². The highest BCUT2D eigenvalue weighted by molar-refractivity contribution is 8.00. The topological polar surface area (TPSA) is 41.1 Å². The lowest BCUT2D eigenvalue weighted by Gasteiger charge is -2.17. The molecule has 1 heterocycles. The van der Waals surface area contributed by atoms with Crippen LogP contribution in [-0.2, 0) is 11.3 Å². The van der Waals surface area contributed by atoms with Crippen LogP contribution in [0.5, 0.6) is 0 Å². The molecular formula is C15H12ClFN2OS. The summed E-state index contributed by atoms with van der Waals surface area (Å²) in [7, 11) is 0. The number of nitrogens with one attached hydrogen (secondary N) is 2. The molecule has 0 unspecified atom stereocenters. The fourth-order valence-electron chi connectivity index (χ4n) is 2.05. The highest BCUT2D eigenvalue weighted by Gasteiger charge is 2.15. The van der Waals surface area contributed by atoms with Gasteiger partial charge in [-0.05, 0) is 35.9 Å². The molecule has 2 N–H and O–H groups in total. The first kappa shape index (κ1) is 14.2. The Morgan fingerprint density at radius 1 is 1.29 bits per heavy atom. The van der Waals surface area contributed by atoms with Gasteiger partial charge in [0.25, 0.3) is 0 Å². The third kappa shape index (κ3) is 3.31. The molecule has 0 radical (unpaired) electrons. The molecular weight excluding hydrogens is 311 g/mol. The maximum absolute atomic E-state index is 13.4. The molecule has 1 aliphatic heterocycles. The Bertz CT molecular complexity index is 708. The van der Waals surface area contributed by atoms with E-state index in [1.54, 1.807) is 6.07 Å². The number of halogens is 2. The van der Waals surface area contributed by atoms with Crippen molar-refractivity contribution in [2.75, 3.05) is 16.4 Å². The van der Waals surface area contributed by atoms with E-state index in [0.29, 0.717) is 12.3 Å². The zero-order valence-corrected chi connectivity index (χ0v) is 12.5. The van der Waals surface area contributed by atoms with Crippen LogP contribution in [-0.4, -0.2) is 11.7 Å². The maximum atomic E-state index is 13.4. The fourth-order valence-corrected chi connectivity index (χ4v) is 2.95. The van der Waals surface area contributed by atoms with Crippen molar-refractivity contribution in [2.45, 2.75) is 11.4 Å². The maximum Gasteiger partial charge on any atom is 0.234 e. The number of benzene rings is 2. The quantitative estimate of drug-likeness (QED) is 0.892. The van der Waals surface area contributed by atoms with Crippen LogP contribution in [0, 0.1) is 5.82 Å². The van der Waals surface area contributed by atoms with Crippen molar-refractivity contribution in [3.8, 4) is 0 Å². The molecule has 0 fully saturated rings. The predicted molar refractivity (Wildman–Crippen MR) is 84.5 cm³/mol. The van der Waals surface area contributed by atoms with Crippen molar-refractivity contribution in [3.05, 3.63) is 52.8 Å². The summed E-state index contributed by atoms with van der Waals surface area (Å²) < 4.78 is 13.4. The molecule has 3 rings (SSSR count). The predicted octanol–water partition coefficient (Wildman–Crippen LogP) is 4.14. The summed E-state index contributed by atoms with van der Waals surface area (Å²) >= 11 is 7.17. The molecule has 2 aromatic rings. The van der Waals surface area contributed by atoms with E-state index in [4.69, 9.17) is 11.6 Å². The number of carbonyl (C=O) groups excluding carboxylic acids is 1. The van der Waals surface area contributed by atoms with E-state index < -0.39 is 5.82 Å². The third-order valence-electron chi connectivity index (χ3n) is 3.09. The van der Waals surface area contributed by atoms with Crippen molar-refractivity contribution in [1.29, 1.82) is 0 Å². The molecule has 0 aliphatic carbocycles. The summed E-state index contributed by atoms with van der Waals surface area (Å²) in [5, 5.41) is 6.16. The van der Waals surface area contributed by atoms with E-state index in [0.717, 1.165) is 21.8 Å². The number of rotatable bonds is 3. The van der Waals surface area contributed by atoms with Gasteiger partial charge in [0.05, 0.1) is 16.5 Å². The van der Waals surface area contributed by atoms with Crippen LogP contribution >= 0.6 is 23.4 Å². The molecule has 2 aromatic carbocycles. The first-order chi connectivity index (χ1) is 10.1. The smallest absolute Gasteiger partial charge is 0.234 e. The summed E-state index contributed by atoms with van der Waals surface area (Å²) in [5.41, 5.74) is 2.48. The monoisotopic (exact) mass is 322 g/mol. The Balaban J connectivity index is 1.72. The SMILES string of the molecule is O=C1CSc2ccc(NCc3ccc(Cl)c(F)c3)cc2N1. The van der Waals surface area contributed by atoms with Gasteiger partial charge < -0.3 is 10.6 Å². The third-order valence-corrected chi connectivity index (χ3v) is 4.47. The number of thioether (sulfide) groups is 1. The van der Waals surface area contributed by atoms with Crippen LogP contribution in [0.25, 0.3) is 0 Å². The van der Waals surface area contributed by atoms with Gasteiger partial charge in [0.15, 0.2) is 0 Å². The number of carbonyl (C=O) groups is 1. The molecule has 0 atom stereocenters. The van der Waals surface area contributed by atoms with Crippen LogP contribution in [0.3, 0.4) is 0 Å². The molecule has 0 saturated heterocycles. The van der Waals surface area contributed by atoms with Gasteiger partial charge in [-0.25, -0.2) is 4.39 Å². The van der Waals surface area contributed by atoms with Crippen LogP contribution in [0.4, 0.5) is 15.8 Å². The Hall–Kier alpha value is -1.72. The lowest BCUT2D eigenvalue weighted by atomic mass is 10.2. The standard InChI is InChI=1S/C15H12ClFN2OS/c16-11-3-1-9(5-12(11)17)7-18-10-2-4-14-13(6-10)19-15(20)8-21-14/h1-6,18H,7-8H2,(H,19,20). The summed E-state index contributed by atoms with van der Waals surface area (Å²) in [6.45, 7) is 0.480. The molecule has 6 heteroatoms. The van der Waals surface area contributed by atoms with Gasteiger partial charge in [0, 0.05) is 17.1 Å². The number of hydrogen-bond donors (Lipinski definition) is 2. The first-order valence-corrected chi connectivity index (χ1v) is 7.73. The Morgan fingerprint density at radius 2 is 2.14 bits per heavy atom. The Kier molecular flexibility index (Phi) is 4.03. The Morgan fingerprint density at radius 3 is 2.95 bits per heavy atom. The van der Waals surface area contributed by atoms with Crippen LogP contribution in [0.2, 0.25) is 5.02 Å². The van der Waals surface area contributed by atoms with E-state index in [-0.39, 0.29) is 10.9 Å². The summed E-state index contributed by atoms with van der Waals surface area (Å²) in [6.07, 6.45) is 0. The molecule has 3 nitrogen and oxygen atoms in total. The van der Waals surface area contributed by atoms with Gasteiger partial charge in [-0.2, -0.15) is 0 Å². The second kappa shape index (κ2) is 5.95. The second-order valence-corrected chi connectivity index (χ2v) is 6.07. The van der Waals surface area contributed by atoms with Gasteiger partial charge in [-0.1, -0.05) is 17.7 Å². The van der Waals surface area contributed by atoms with Crippen LogP contribution < -0.4 is 10.6 Å². The van der Waals surface area contributed by atoms with E-state index >= 15 is 0 Å². The molecule has 0 bridgehead atoms. The molecule has 0 aromatic heterocycles. The van der Waals surface area contributed by atoms with Crippen molar-refractivity contribution in [2.24, 2.45) is 0 Å². The Labute approximate surface area is 130 Å². The number of anilines is 2. The highest BCUT2D eigenvalue weighted by Crippen LogP contribution is 2.33. The summed E-state index contributed by atoms with van der Waals surface area (Å²) in [4.78, 5) is 12.4. The molecule has 21 heavy (non-hydrogen) atoms. The van der Waals surface area contributed by atoms with Crippen molar-refractivity contribution in [3.63, 3.8) is 0 Å². The van der Waals surface area contributed by atoms with Crippen LogP contribution in [0.15, 0.2) is 41.3 Å². The first-order valence-electron chi connectivity index (χ1n) is 6.36. The minimum Gasteiger partial charge on any atom is -0.381 e. The highest BCUT2D eigenvalue weighted by atomic mass is 35.5. The normalized spacial score (nSPS) is 13.5. The summed E-state index contributed by atoms with van der Waals surface area (Å²) in [5.74, 6) is 0.0265. The number of amides is 1. The van der Waals surface area contributed by atoms with E-state index in [1.807, 2.05) is 18.2 Å². The zero-order valence-electron chi connectivity index (χ0n) is 11.0. The van der Waals surface area contributed by atoms with Gasteiger partial charge in [0.2, 0.25) is 5.91 Å². The summed E-state index contributed by atoms with van der Waals surface area (Å²) in [6, 6.07) is 10.5. The molecule has 108 valence electrons. The van der Waals surface area contributed by atoms with Crippen LogP contribution in [0.1, 0.15) is 5.56 Å². The molecule has 0 spiro atoms. The van der Waals surface area contributed by atoms with Gasteiger partial charge in [-0.15, -0.1) is 11.8 Å². The average Bonchev–Trinajstić information content (AvgIpc) is 2.48. The fraction of sp³-hybridized carbons (Fsp3) is 0.133. The minimum absolute atomic E-state index is 0.00409. The molecule has 1 amide bonds. The lowest BCUT2D eigenvalue weighted by Crippen LogP contribution is -2.18. The van der Waals surface area contributed by atoms with Crippen molar-refractivity contribution in [1.82, 2.24) is 0 Å².